The monoisotopic (exact) mass is 309 g/mol. The van der Waals surface area contributed by atoms with Crippen molar-refractivity contribution in [1.82, 2.24) is 19.7 Å². The first-order valence-electron chi connectivity index (χ1n) is 7.95. The SMILES string of the molecule is Cc1ccc(Oc2nn(C3CCCC3)c3ncnc(N)c23)cc1. The third kappa shape index (κ3) is 2.50. The summed E-state index contributed by atoms with van der Waals surface area (Å²) in [4.78, 5) is 8.49. The summed E-state index contributed by atoms with van der Waals surface area (Å²) < 4.78 is 7.94. The molecule has 0 amide bonds. The molecule has 6 nitrogen and oxygen atoms in total. The van der Waals surface area contributed by atoms with Crippen molar-refractivity contribution in [1.29, 1.82) is 0 Å². The highest BCUT2D eigenvalue weighted by atomic mass is 16.5. The molecule has 1 saturated carbocycles. The minimum atomic E-state index is 0.363. The van der Waals surface area contributed by atoms with Gasteiger partial charge in [-0.05, 0) is 31.9 Å². The van der Waals surface area contributed by atoms with Gasteiger partial charge in [-0.3, -0.25) is 0 Å². The lowest BCUT2D eigenvalue weighted by molar-refractivity contribution is 0.422. The molecule has 2 N–H and O–H groups in total. The zero-order chi connectivity index (χ0) is 15.8. The molecule has 1 aliphatic rings. The van der Waals surface area contributed by atoms with Gasteiger partial charge in [-0.15, -0.1) is 5.10 Å². The first-order chi connectivity index (χ1) is 11.2. The van der Waals surface area contributed by atoms with Gasteiger partial charge in [-0.1, -0.05) is 30.5 Å². The number of aromatic nitrogens is 4. The highest BCUT2D eigenvalue weighted by Gasteiger charge is 2.24. The second-order valence-electron chi connectivity index (χ2n) is 6.06. The Morgan fingerprint density at radius 2 is 1.87 bits per heavy atom. The molecule has 23 heavy (non-hydrogen) atoms. The molecular formula is C17H19N5O. The Hall–Kier alpha value is -2.63. The molecule has 4 rings (SSSR count). The van der Waals surface area contributed by atoms with Crippen molar-refractivity contribution in [2.45, 2.75) is 38.6 Å². The second-order valence-corrected chi connectivity index (χ2v) is 6.06. The molecule has 2 aromatic heterocycles. The van der Waals surface area contributed by atoms with Gasteiger partial charge in [0.25, 0.3) is 5.88 Å². The Morgan fingerprint density at radius 3 is 2.61 bits per heavy atom. The summed E-state index contributed by atoms with van der Waals surface area (Å²) in [6.45, 7) is 2.04. The fourth-order valence-electron chi connectivity index (χ4n) is 3.16. The lowest BCUT2D eigenvalue weighted by Gasteiger charge is -2.09. The summed E-state index contributed by atoms with van der Waals surface area (Å²) in [5.74, 6) is 1.62. The van der Waals surface area contributed by atoms with Crippen molar-refractivity contribution in [3.63, 3.8) is 0 Å². The Labute approximate surface area is 134 Å². The number of anilines is 1. The van der Waals surface area contributed by atoms with Crippen molar-refractivity contribution in [2.75, 3.05) is 5.73 Å². The number of fused-ring (bicyclic) bond motifs is 1. The lowest BCUT2D eigenvalue weighted by Crippen LogP contribution is -2.07. The molecule has 0 bridgehead atoms. The molecule has 0 aliphatic heterocycles. The van der Waals surface area contributed by atoms with E-state index in [-0.39, 0.29) is 0 Å². The van der Waals surface area contributed by atoms with Crippen molar-refractivity contribution < 1.29 is 4.74 Å². The lowest BCUT2D eigenvalue weighted by atomic mass is 10.2. The molecule has 0 saturated heterocycles. The molecule has 0 spiro atoms. The number of nitrogens with zero attached hydrogens (tertiary/aromatic N) is 4. The van der Waals surface area contributed by atoms with Crippen LogP contribution in [0, 0.1) is 6.92 Å². The highest BCUT2D eigenvalue weighted by Crippen LogP contribution is 2.37. The first-order valence-corrected chi connectivity index (χ1v) is 7.95. The van der Waals surface area contributed by atoms with E-state index in [1.54, 1.807) is 0 Å². The van der Waals surface area contributed by atoms with Gasteiger partial charge in [0.05, 0.1) is 6.04 Å². The van der Waals surface area contributed by atoms with E-state index < -0.39 is 0 Å². The van der Waals surface area contributed by atoms with Crippen LogP contribution in [0.25, 0.3) is 11.0 Å². The number of rotatable bonds is 3. The van der Waals surface area contributed by atoms with Crippen LogP contribution in [0.15, 0.2) is 30.6 Å². The maximum Gasteiger partial charge on any atom is 0.251 e. The molecule has 1 aromatic carbocycles. The van der Waals surface area contributed by atoms with Crippen LogP contribution in [0.4, 0.5) is 5.82 Å². The Balaban J connectivity index is 1.80. The van der Waals surface area contributed by atoms with Crippen LogP contribution in [-0.4, -0.2) is 19.7 Å². The number of benzene rings is 1. The van der Waals surface area contributed by atoms with Crippen molar-refractivity contribution in [2.24, 2.45) is 0 Å². The second kappa shape index (κ2) is 5.53. The summed E-state index contributed by atoms with van der Waals surface area (Å²) in [7, 11) is 0. The zero-order valence-corrected chi connectivity index (χ0v) is 13.1. The molecule has 1 fully saturated rings. The molecular weight excluding hydrogens is 290 g/mol. The van der Waals surface area contributed by atoms with E-state index in [0.717, 1.165) is 24.2 Å². The predicted molar refractivity (Wildman–Crippen MR) is 88.5 cm³/mol. The van der Waals surface area contributed by atoms with Crippen LogP contribution in [0.5, 0.6) is 11.6 Å². The third-order valence-corrected chi connectivity index (χ3v) is 4.39. The van der Waals surface area contributed by atoms with E-state index in [1.807, 2.05) is 35.9 Å². The van der Waals surface area contributed by atoms with Crippen LogP contribution in [-0.2, 0) is 0 Å². The average molecular weight is 309 g/mol. The van der Waals surface area contributed by atoms with Crippen molar-refractivity contribution in [3.8, 4) is 11.6 Å². The van der Waals surface area contributed by atoms with Crippen LogP contribution in [0.2, 0.25) is 0 Å². The standard InChI is InChI=1S/C17H19N5O/c1-11-6-8-13(9-7-11)23-17-14-15(18)19-10-20-16(14)22(21-17)12-4-2-3-5-12/h6-10,12H,2-5H2,1H3,(H2,18,19,20). The highest BCUT2D eigenvalue weighted by molar-refractivity contribution is 5.90. The van der Waals surface area contributed by atoms with Gasteiger partial charge in [-0.2, -0.15) is 0 Å². The van der Waals surface area contributed by atoms with E-state index in [9.17, 15) is 0 Å². The molecule has 2 heterocycles. The van der Waals surface area contributed by atoms with Crippen molar-refractivity contribution in [3.05, 3.63) is 36.2 Å². The minimum absolute atomic E-state index is 0.363. The molecule has 0 radical (unpaired) electrons. The molecule has 0 atom stereocenters. The van der Waals surface area contributed by atoms with Gasteiger partial charge in [0.2, 0.25) is 0 Å². The molecule has 3 aromatic rings. The maximum atomic E-state index is 6.06. The number of hydrogen-bond donors (Lipinski definition) is 1. The number of nitrogen functional groups attached to an aromatic ring is 1. The van der Waals surface area contributed by atoms with E-state index in [4.69, 9.17) is 10.5 Å². The van der Waals surface area contributed by atoms with Crippen LogP contribution < -0.4 is 10.5 Å². The summed E-state index contributed by atoms with van der Waals surface area (Å²) in [6.07, 6.45) is 6.16. The fourth-order valence-corrected chi connectivity index (χ4v) is 3.16. The number of hydrogen-bond acceptors (Lipinski definition) is 5. The third-order valence-electron chi connectivity index (χ3n) is 4.39. The Kier molecular flexibility index (Phi) is 3.37. The Bertz CT molecular complexity index is 834. The minimum Gasteiger partial charge on any atom is -0.437 e. The summed E-state index contributed by atoms with van der Waals surface area (Å²) >= 11 is 0. The molecule has 6 heteroatoms. The van der Waals surface area contributed by atoms with E-state index >= 15 is 0 Å². The number of aryl methyl sites for hydroxylation is 1. The maximum absolute atomic E-state index is 6.06. The topological polar surface area (TPSA) is 78.8 Å². The first kappa shape index (κ1) is 14.0. The van der Waals surface area contributed by atoms with E-state index in [0.29, 0.717) is 23.1 Å². The molecule has 1 aliphatic carbocycles. The van der Waals surface area contributed by atoms with E-state index in [2.05, 4.69) is 15.1 Å². The van der Waals surface area contributed by atoms with Crippen LogP contribution >= 0.6 is 0 Å². The van der Waals surface area contributed by atoms with Gasteiger partial charge in [0.15, 0.2) is 5.65 Å². The Morgan fingerprint density at radius 1 is 1.13 bits per heavy atom. The summed E-state index contributed by atoms with van der Waals surface area (Å²) in [5.41, 5.74) is 8.00. The normalized spacial score (nSPS) is 15.3. The smallest absolute Gasteiger partial charge is 0.251 e. The van der Waals surface area contributed by atoms with Crippen molar-refractivity contribution >= 4 is 16.9 Å². The van der Waals surface area contributed by atoms with Crippen LogP contribution in [0.3, 0.4) is 0 Å². The quantitative estimate of drug-likeness (QED) is 0.799. The van der Waals surface area contributed by atoms with Gasteiger partial charge in [0.1, 0.15) is 23.3 Å². The average Bonchev–Trinajstić information content (AvgIpc) is 3.18. The summed E-state index contributed by atoms with van der Waals surface area (Å²) in [6, 6.07) is 8.23. The van der Waals surface area contributed by atoms with Gasteiger partial charge < -0.3 is 10.5 Å². The fraction of sp³-hybridized carbons (Fsp3) is 0.353. The van der Waals surface area contributed by atoms with E-state index in [1.165, 1.54) is 24.7 Å². The largest absolute Gasteiger partial charge is 0.437 e. The number of nitrogens with two attached hydrogens (primary N) is 1. The predicted octanol–water partition coefficient (Wildman–Crippen LogP) is 3.62. The van der Waals surface area contributed by atoms with Crippen LogP contribution in [0.1, 0.15) is 37.3 Å². The van der Waals surface area contributed by atoms with Gasteiger partial charge in [-0.25, -0.2) is 14.6 Å². The molecule has 118 valence electrons. The van der Waals surface area contributed by atoms with Gasteiger partial charge >= 0.3 is 0 Å². The summed E-state index contributed by atoms with van der Waals surface area (Å²) in [5, 5.41) is 5.36. The van der Waals surface area contributed by atoms with Gasteiger partial charge in [0, 0.05) is 0 Å². The molecule has 0 unspecified atom stereocenters. The number of ether oxygens (including phenoxy) is 1. The zero-order valence-electron chi connectivity index (χ0n) is 13.1.